The Kier molecular flexibility index (Phi) is 6.80. The van der Waals surface area contributed by atoms with Crippen LogP contribution < -0.4 is 9.62 Å². The fraction of sp³-hybridized carbons (Fsp3) is 0.350. The third-order valence-electron chi connectivity index (χ3n) is 4.21. The van der Waals surface area contributed by atoms with E-state index in [1.807, 2.05) is 62.4 Å². The van der Waals surface area contributed by atoms with Crippen molar-refractivity contribution in [2.75, 3.05) is 23.7 Å². The molecule has 2 aromatic carbocycles. The lowest BCUT2D eigenvalue weighted by Gasteiger charge is -2.25. The van der Waals surface area contributed by atoms with Gasteiger partial charge in [-0.25, -0.2) is 8.42 Å². The average Bonchev–Trinajstić information content (AvgIpc) is 2.57. The van der Waals surface area contributed by atoms with Crippen LogP contribution in [0.4, 0.5) is 5.69 Å². The molecule has 0 saturated heterocycles. The van der Waals surface area contributed by atoms with Gasteiger partial charge in [-0.15, -0.1) is 0 Å². The zero-order valence-electron chi connectivity index (χ0n) is 15.5. The largest absolute Gasteiger partial charge is 0.356 e. The zero-order chi connectivity index (χ0) is 19.2. The minimum absolute atomic E-state index is 0.121. The maximum atomic E-state index is 12.2. The molecule has 0 heterocycles. The smallest absolute Gasteiger partial charge is 0.232 e. The van der Waals surface area contributed by atoms with E-state index in [2.05, 4.69) is 5.32 Å². The number of rotatable bonds is 8. The van der Waals surface area contributed by atoms with E-state index in [9.17, 15) is 13.2 Å². The van der Waals surface area contributed by atoms with Crippen LogP contribution in [-0.4, -0.2) is 33.7 Å². The standard InChI is InChI=1S/C20H26N2O3S/c1-16-8-7-9-17(2)20(16)22(26(3,24)25)15-13-19(23)21-14-12-18-10-5-4-6-11-18/h4-11H,12-15H2,1-3H3,(H,21,23). The van der Waals surface area contributed by atoms with E-state index in [1.54, 1.807) is 0 Å². The Morgan fingerprint density at radius 1 is 1.00 bits per heavy atom. The number of amides is 1. The van der Waals surface area contributed by atoms with E-state index in [4.69, 9.17) is 0 Å². The van der Waals surface area contributed by atoms with E-state index < -0.39 is 10.0 Å². The quantitative estimate of drug-likeness (QED) is 0.773. The molecular formula is C20H26N2O3S. The van der Waals surface area contributed by atoms with Crippen molar-refractivity contribution in [3.63, 3.8) is 0 Å². The van der Waals surface area contributed by atoms with Crippen LogP contribution in [0, 0.1) is 13.8 Å². The summed E-state index contributed by atoms with van der Waals surface area (Å²) in [7, 11) is -3.47. The maximum absolute atomic E-state index is 12.2. The number of carbonyl (C=O) groups excluding carboxylic acids is 1. The first-order valence-corrected chi connectivity index (χ1v) is 10.5. The molecule has 5 nitrogen and oxygen atoms in total. The molecule has 0 spiro atoms. The maximum Gasteiger partial charge on any atom is 0.232 e. The van der Waals surface area contributed by atoms with Crippen LogP contribution in [-0.2, 0) is 21.2 Å². The molecule has 0 aliphatic rings. The molecule has 1 N–H and O–H groups in total. The molecule has 0 aliphatic heterocycles. The van der Waals surface area contributed by atoms with Gasteiger partial charge in [-0.2, -0.15) is 0 Å². The summed E-state index contributed by atoms with van der Waals surface area (Å²) in [6.07, 6.45) is 2.04. The predicted molar refractivity (Wildman–Crippen MR) is 106 cm³/mol. The first-order chi connectivity index (χ1) is 12.3. The van der Waals surface area contributed by atoms with Gasteiger partial charge in [0.05, 0.1) is 11.9 Å². The van der Waals surface area contributed by atoms with Crippen LogP contribution in [0.2, 0.25) is 0 Å². The molecule has 0 bridgehead atoms. The third-order valence-corrected chi connectivity index (χ3v) is 5.38. The summed E-state index contributed by atoms with van der Waals surface area (Å²) in [4.78, 5) is 12.1. The van der Waals surface area contributed by atoms with Gasteiger partial charge in [0.15, 0.2) is 0 Å². The second-order valence-corrected chi connectivity index (χ2v) is 8.32. The highest BCUT2D eigenvalue weighted by Gasteiger charge is 2.21. The SMILES string of the molecule is Cc1cccc(C)c1N(CCC(=O)NCCc1ccccc1)S(C)(=O)=O. The van der Waals surface area contributed by atoms with Gasteiger partial charge in [-0.3, -0.25) is 9.10 Å². The zero-order valence-corrected chi connectivity index (χ0v) is 16.3. The summed E-state index contributed by atoms with van der Waals surface area (Å²) < 4.78 is 25.8. The van der Waals surface area contributed by atoms with Crippen molar-refractivity contribution in [1.29, 1.82) is 0 Å². The van der Waals surface area contributed by atoms with Crippen molar-refractivity contribution < 1.29 is 13.2 Å². The average molecular weight is 375 g/mol. The van der Waals surface area contributed by atoms with Gasteiger partial charge in [-0.05, 0) is 37.0 Å². The van der Waals surface area contributed by atoms with Crippen molar-refractivity contribution >= 4 is 21.6 Å². The highest BCUT2D eigenvalue weighted by molar-refractivity contribution is 7.92. The van der Waals surface area contributed by atoms with Gasteiger partial charge in [0.2, 0.25) is 15.9 Å². The fourth-order valence-electron chi connectivity index (χ4n) is 2.92. The van der Waals surface area contributed by atoms with E-state index >= 15 is 0 Å². The number of anilines is 1. The number of benzene rings is 2. The number of hydrogen-bond acceptors (Lipinski definition) is 3. The number of nitrogens with one attached hydrogen (secondary N) is 1. The monoisotopic (exact) mass is 374 g/mol. The molecule has 0 atom stereocenters. The van der Waals surface area contributed by atoms with E-state index in [1.165, 1.54) is 10.6 Å². The molecular weight excluding hydrogens is 348 g/mol. The summed E-state index contributed by atoms with van der Waals surface area (Å²) >= 11 is 0. The van der Waals surface area contributed by atoms with Crippen molar-refractivity contribution in [2.45, 2.75) is 26.7 Å². The van der Waals surface area contributed by atoms with Crippen LogP contribution in [0.15, 0.2) is 48.5 Å². The molecule has 0 unspecified atom stereocenters. The summed E-state index contributed by atoms with van der Waals surface area (Å²) in [5, 5.41) is 2.86. The van der Waals surface area contributed by atoms with Gasteiger partial charge in [-0.1, -0.05) is 48.5 Å². The Morgan fingerprint density at radius 3 is 2.19 bits per heavy atom. The van der Waals surface area contributed by atoms with E-state index in [0.29, 0.717) is 12.2 Å². The lowest BCUT2D eigenvalue weighted by molar-refractivity contribution is -0.120. The second kappa shape index (κ2) is 8.85. The third kappa shape index (κ3) is 5.59. The number of hydrogen-bond donors (Lipinski definition) is 1. The molecule has 1 amide bonds. The highest BCUT2D eigenvalue weighted by Crippen LogP contribution is 2.26. The van der Waals surface area contributed by atoms with Crippen LogP contribution in [0.25, 0.3) is 0 Å². The van der Waals surface area contributed by atoms with Gasteiger partial charge in [0.1, 0.15) is 0 Å². The Bertz CT molecular complexity index is 828. The molecule has 2 rings (SSSR count). The van der Waals surface area contributed by atoms with Gasteiger partial charge in [0, 0.05) is 19.5 Å². The molecule has 6 heteroatoms. The topological polar surface area (TPSA) is 66.5 Å². The highest BCUT2D eigenvalue weighted by atomic mass is 32.2. The number of para-hydroxylation sites is 1. The Hall–Kier alpha value is -2.34. The number of aryl methyl sites for hydroxylation is 2. The molecule has 26 heavy (non-hydrogen) atoms. The van der Waals surface area contributed by atoms with Crippen molar-refractivity contribution in [1.82, 2.24) is 5.32 Å². The lowest BCUT2D eigenvalue weighted by atomic mass is 10.1. The number of carbonyl (C=O) groups is 1. The van der Waals surface area contributed by atoms with E-state index in [0.717, 1.165) is 23.1 Å². The first kappa shape index (κ1) is 20.0. The fourth-order valence-corrected chi connectivity index (χ4v) is 3.97. The van der Waals surface area contributed by atoms with Crippen molar-refractivity contribution in [3.8, 4) is 0 Å². The van der Waals surface area contributed by atoms with Crippen LogP contribution in [0.5, 0.6) is 0 Å². The summed E-state index contributed by atoms with van der Waals surface area (Å²) in [6, 6.07) is 15.6. The molecule has 0 saturated carbocycles. The molecule has 0 aromatic heterocycles. The first-order valence-electron chi connectivity index (χ1n) is 8.63. The molecule has 0 fully saturated rings. The second-order valence-electron chi connectivity index (χ2n) is 6.41. The van der Waals surface area contributed by atoms with E-state index in [-0.39, 0.29) is 18.9 Å². The minimum Gasteiger partial charge on any atom is -0.356 e. The van der Waals surface area contributed by atoms with Gasteiger partial charge < -0.3 is 5.32 Å². The minimum atomic E-state index is -3.47. The normalized spacial score (nSPS) is 11.2. The van der Waals surface area contributed by atoms with Crippen LogP contribution in [0.3, 0.4) is 0 Å². The summed E-state index contributed by atoms with van der Waals surface area (Å²) in [5.41, 5.74) is 3.56. The van der Waals surface area contributed by atoms with Crippen molar-refractivity contribution in [2.24, 2.45) is 0 Å². The predicted octanol–water partition coefficient (Wildman–Crippen LogP) is 2.82. The number of nitrogens with zero attached hydrogens (tertiary/aromatic N) is 1. The van der Waals surface area contributed by atoms with Crippen molar-refractivity contribution in [3.05, 3.63) is 65.2 Å². The summed E-state index contributed by atoms with van der Waals surface area (Å²) in [6.45, 7) is 4.41. The number of sulfonamides is 1. The molecule has 0 radical (unpaired) electrons. The molecule has 2 aromatic rings. The molecule has 140 valence electrons. The Balaban J connectivity index is 1.96. The van der Waals surface area contributed by atoms with Gasteiger partial charge in [0.25, 0.3) is 0 Å². The molecule has 0 aliphatic carbocycles. The Labute approximate surface area is 156 Å². The summed E-state index contributed by atoms with van der Waals surface area (Å²) in [5.74, 6) is -0.152. The Morgan fingerprint density at radius 2 is 1.62 bits per heavy atom. The van der Waals surface area contributed by atoms with Crippen LogP contribution >= 0.6 is 0 Å². The lowest BCUT2D eigenvalue weighted by Crippen LogP contribution is -2.36. The van der Waals surface area contributed by atoms with Crippen LogP contribution in [0.1, 0.15) is 23.1 Å². The van der Waals surface area contributed by atoms with Gasteiger partial charge >= 0.3 is 0 Å².